The molecule has 0 bridgehead atoms. The molecule has 22 heavy (non-hydrogen) atoms. The smallest absolute Gasteiger partial charge is 0.246 e. The Morgan fingerprint density at radius 2 is 2.27 bits per heavy atom. The minimum Gasteiger partial charge on any atom is -0.381 e. The lowest BCUT2D eigenvalue weighted by molar-refractivity contribution is 0.193. The number of aryl methyl sites for hydroxylation is 1. The van der Waals surface area contributed by atoms with Crippen LogP contribution in [0.25, 0.3) is 0 Å². The van der Waals surface area contributed by atoms with Gasteiger partial charge in [0.1, 0.15) is 12.1 Å². The van der Waals surface area contributed by atoms with Gasteiger partial charge in [0.25, 0.3) is 0 Å². The Labute approximate surface area is 129 Å². The molecule has 7 nitrogen and oxygen atoms in total. The first-order chi connectivity index (χ1) is 10.8. The Balaban J connectivity index is 1.68. The van der Waals surface area contributed by atoms with Gasteiger partial charge in [0.15, 0.2) is 5.82 Å². The molecule has 1 aliphatic heterocycles. The van der Waals surface area contributed by atoms with Crippen LogP contribution in [0.5, 0.6) is 0 Å². The van der Waals surface area contributed by atoms with E-state index in [4.69, 9.17) is 9.26 Å². The van der Waals surface area contributed by atoms with Crippen molar-refractivity contribution in [2.75, 3.05) is 25.2 Å². The molecule has 118 valence electrons. The lowest BCUT2D eigenvalue weighted by atomic mass is 10.0. The van der Waals surface area contributed by atoms with E-state index in [1.165, 1.54) is 0 Å². The maximum absolute atomic E-state index is 5.43. The molecule has 0 aromatic carbocycles. The molecule has 7 heteroatoms. The summed E-state index contributed by atoms with van der Waals surface area (Å²) >= 11 is 0. The molecule has 3 rings (SSSR count). The van der Waals surface area contributed by atoms with Crippen molar-refractivity contribution in [3.63, 3.8) is 0 Å². The van der Waals surface area contributed by atoms with E-state index < -0.39 is 0 Å². The zero-order valence-corrected chi connectivity index (χ0v) is 13.0. The third-order valence-electron chi connectivity index (χ3n) is 3.77. The van der Waals surface area contributed by atoms with E-state index in [-0.39, 0.29) is 0 Å². The van der Waals surface area contributed by atoms with Crippen molar-refractivity contribution in [3.8, 4) is 0 Å². The topological polar surface area (TPSA) is 77.2 Å². The highest BCUT2D eigenvalue weighted by Crippen LogP contribution is 2.25. The molecule has 0 saturated carbocycles. The second-order valence-corrected chi connectivity index (χ2v) is 5.57. The minimum absolute atomic E-state index is 0.370. The summed E-state index contributed by atoms with van der Waals surface area (Å²) in [5.41, 5.74) is 1.03. The van der Waals surface area contributed by atoms with E-state index >= 15 is 0 Å². The van der Waals surface area contributed by atoms with Gasteiger partial charge >= 0.3 is 0 Å². The second-order valence-electron chi connectivity index (χ2n) is 5.57. The van der Waals surface area contributed by atoms with E-state index in [2.05, 4.69) is 27.0 Å². The average molecular weight is 303 g/mol. The number of anilines is 1. The van der Waals surface area contributed by atoms with E-state index in [1.807, 2.05) is 18.0 Å². The Morgan fingerprint density at radius 3 is 3.05 bits per heavy atom. The summed E-state index contributed by atoms with van der Waals surface area (Å²) in [6, 6.07) is 2.02. The maximum atomic E-state index is 5.43. The van der Waals surface area contributed by atoms with Crippen LogP contribution in [0.2, 0.25) is 0 Å². The van der Waals surface area contributed by atoms with Gasteiger partial charge in [-0.15, -0.1) is 0 Å². The average Bonchev–Trinajstić information content (AvgIpc) is 3.20. The van der Waals surface area contributed by atoms with Crippen molar-refractivity contribution in [2.45, 2.75) is 38.6 Å². The minimum atomic E-state index is 0.370. The third-order valence-corrected chi connectivity index (χ3v) is 3.77. The molecule has 0 spiro atoms. The highest BCUT2D eigenvalue weighted by atomic mass is 16.5. The van der Waals surface area contributed by atoms with Gasteiger partial charge in [-0.2, -0.15) is 4.98 Å². The summed E-state index contributed by atoms with van der Waals surface area (Å²) in [6.45, 7) is 4.18. The molecule has 2 aromatic rings. The van der Waals surface area contributed by atoms with Crippen LogP contribution in [0.3, 0.4) is 0 Å². The monoisotopic (exact) mass is 303 g/mol. The Morgan fingerprint density at radius 1 is 1.36 bits per heavy atom. The largest absolute Gasteiger partial charge is 0.381 e. The first-order valence-corrected chi connectivity index (χ1v) is 7.68. The van der Waals surface area contributed by atoms with Crippen LogP contribution in [0.4, 0.5) is 5.82 Å². The van der Waals surface area contributed by atoms with E-state index in [0.717, 1.165) is 49.8 Å². The fourth-order valence-electron chi connectivity index (χ4n) is 2.52. The van der Waals surface area contributed by atoms with Crippen LogP contribution in [0.1, 0.15) is 43.1 Å². The van der Waals surface area contributed by atoms with Crippen LogP contribution in [0.15, 0.2) is 16.9 Å². The van der Waals surface area contributed by atoms with Crippen LogP contribution < -0.4 is 4.90 Å². The van der Waals surface area contributed by atoms with Gasteiger partial charge in [0, 0.05) is 32.1 Å². The van der Waals surface area contributed by atoms with Crippen molar-refractivity contribution in [1.82, 2.24) is 20.1 Å². The molecule has 0 radical (unpaired) electrons. The summed E-state index contributed by atoms with van der Waals surface area (Å²) in [5.74, 6) is 2.59. The Kier molecular flexibility index (Phi) is 4.62. The molecular weight excluding hydrogens is 282 g/mol. The number of aromatic nitrogens is 4. The number of hydrogen-bond acceptors (Lipinski definition) is 7. The molecule has 0 aliphatic carbocycles. The fraction of sp³-hybridized carbons (Fsp3) is 0.600. The number of rotatable bonds is 6. The van der Waals surface area contributed by atoms with Gasteiger partial charge in [0.05, 0.1) is 18.8 Å². The summed E-state index contributed by atoms with van der Waals surface area (Å²) in [4.78, 5) is 15.1. The van der Waals surface area contributed by atoms with Crippen LogP contribution in [-0.2, 0) is 17.7 Å². The van der Waals surface area contributed by atoms with Crippen molar-refractivity contribution >= 4 is 5.82 Å². The first-order valence-electron chi connectivity index (χ1n) is 7.68. The summed E-state index contributed by atoms with van der Waals surface area (Å²) < 4.78 is 10.7. The highest BCUT2D eigenvalue weighted by Gasteiger charge is 2.20. The van der Waals surface area contributed by atoms with E-state index in [0.29, 0.717) is 18.4 Å². The quantitative estimate of drug-likeness (QED) is 0.807. The van der Waals surface area contributed by atoms with Gasteiger partial charge in [0.2, 0.25) is 5.89 Å². The summed E-state index contributed by atoms with van der Waals surface area (Å²) in [5, 5.41) is 3.97. The molecular formula is C15H21N5O2. The number of ether oxygens (including phenoxy) is 1. The van der Waals surface area contributed by atoms with Gasteiger partial charge < -0.3 is 14.2 Å². The lowest BCUT2D eigenvalue weighted by Crippen LogP contribution is -2.18. The zero-order valence-electron chi connectivity index (χ0n) is 13.0. The first kappa shape index (κ1) is 14.9. The van der Waals surface area contributed by atoms with Gasteiger partial charge in [-0.3, -0.25) is 0 Å². The Hall–Kier alpha value is -2.02. The SMILES string of the molecule is CCCc1noc(CN(C)c2cc([C@@H]3CCOC3)ncn2)n1. The number of hydrogen-bond donors (Lipinski definition) is 0. The zero-order chi connectivity index (χ0) is 15.4. The molecule has 1 aliphatic rings. The lowest BCUT2D eigenvalue weighted by Gasteiger charge is -2.17. The predicted octanol–water partition coefficient (Wildman–Crippen LogP) is 1.95. The van der Waals surface area contributed by atoms with Gasteiger partial charge in [-0.1, -0.05) is 12.1 Å². The molecule has 3 heterocycles. The summed E-state index contributed by atoms with van der Waals surface area (Å²) in [6.07, 6.45) is 4.47. The van der Waals surface area contributed by atoms with Crippen molar-refractivity contribution in [2.24, 2.45) is 0 Å². The maximum Gasteiger partial charge on any atom is 0.246 e. The van der Waals surface area contributed by atoms with Crippen LogP contribution >= 0.6 is 0 Å². The predicted molar refractivity (Wildman–Crippen MR) is 80.6 cm³/mol. The fourth-order valence-corrected chi connectivity index (χ4v) is 2.52. The normalized spacial score (nSPS) is 17.8. The Bertz CT molecular complexity index is 609. The van der Waals surface area contributed by atoms with Gasteiger partial charge in [-0.05, 0) is 12.8 Å². The summed E-state index contributed by atoms with van der Waals surface area (Å²) in [7, 11) is 1.96. The van der Waals surface area contributed by atoms with Crippen molar-refractivity contribution < 1.29 is 9.26 Å². The molecule has 1 saturated heterocycles. The van der Waals surface area contributed by atoms with Crippen molar-refractivity contribution in [3.05, 3.63) is 29.8 Å². The van der Waals surface area contributed by atoms with Crippen LogP contribution in [-0.4, -0.2) is 40.4 Å². The van der Waals surface area contributed by atoms with E-state index in [1.54, 1.807) is 6.33 Å². The standard InChI is InChI=1S/C15H21N5O2/c1-3-4-13-18-15(22-19-13)8-20(2)14-7-12(16-10-17-14)11-5-6-21-9-11/h7,10-11H,3-6,8-9H2,1-2H3/t11-/m1/s1. The van der Waals surface area contributed by atoms with Gasteiger partial charge in [-0.25, -0.2) is 9.97 Å². The van der Waals surface area contributed by atoms with Crippen molar-refractivity contribution in [1.29, 1.82) is 0 Å². The third kappa shape index (κ3) is 3.41. The second kappa shape index (κ2) is 6.83. The highest BCUT2D eigenvalue weighted by molar-refractivity contribution is 5.38. The molecule has 0 amide bonds. The molecule has 1 fully saturated rings. The molecule has 0 N–H and O–H groups in total. The number of nitrogens with zero attached hydrogens (tertiary/aromatic N) is 5. The van der Waals surface area contributed by atoms with Crippen LogP contribution in [0, 0.1) is 0 Å². The molecule has 1 atom stereocenters. The van der Waals surface area contributed by atoms with E-state index in [9.17, 15) is 0 Å². The molecule has 2 aromatic heterocycles. The molecule has 0 unspecified atom stereocenters.